The van der Waals surface area contributed by atoms with Crippen molar-refractivity contribution in [2.24, 2.45) is 0 Å². The standard InChI is InChI=1S/C18N12/c19-1-7-8(2-20)26-14-13(25-7)15-17(29-10(4-22)9(3-21)27-15)18-16(14)28-11(5-23)12(6-24)30-18. The molecule has 0 aliphatic rings. The lowest BCUT2D eigenvalue weighted by Gasteiger charge is -2.09. The molecule has 12 nitrogen and oxygen atoms in total. The van der Waals surface area contributed by atoms with Gasteiger partial charge in [-0.15, -0.1) is 0 Å². The molecular weight excluding hydrogens is 384 g/mol. The lowest BCUT2D eigenvalue weighted by atomic mass is 10.1. The number of hydrogen-bond donors (Lipinski definition) is 0. The number of hydrogen-bond acceptors (Lipinski definition) is 12. The highest BCUT2D eigenvalue weighted by Crippen LogP contribution is 2.30. The number of nitrogens with zero attached hydrogens (tertiary/aromatic N) is 12. The van der Waals surface area contributed by atoms with E-state index in [1.54, 1.807) is 36.4 Å². The second-order valence-corrected chi connectivity index (χ2v) is 5.52. The molecule has 3 aromatic heterocycles. The lowest BCUT2D eigenvalue weighted by Crippen LogP contribution is -2.05. The predicted molar refractivity (Wildman–Crippen MR) is 94.0 cm³/mol. The highest BCUT2D eigenvalue weighted by Gasteiger charge is 2.22. The van der Waals surface area contributed by atoms with Crippen LogP contribution in [0.25, 0.3) is 33.1 Å². The van der Waals surface area contributed by atoms with Crippen molar-refractivity contribution in [1.29, 1.82) is 31.6 Å². The molecule has 0 spiro atoms. The molecule has 0 amide bonds. The Morgan fingerprint density at radius 2 is 0.433 bits per heavy atom. The van der Waals surface area contributed by atoms with Crippen molar-refractivity contribution in [2.75, 3.05) is 0 Å². The zero-order valence-electron chi connectivity index (χ0n) is 14.4. The fourth-order valence-corrected chi connectivity index (χ4v) is 2.76. The van der Waals surface area contributed by atoms with Gasteiger partial charge in [-0.3, -0.25) is 0 Å². The third kappa shape index (κ3) is 2.27. The van der Waals surface area contributed by atoms with Gasteiger partial charge in [-0.25, -0.2) is 29.9 Å². The third-order valence-electron chi connectivity index (χ3n) is 4.00. The summed E-state index contributed by atoms with van der Waals surface area (Å²) in [6.07, 6.45) is 0. The molecule has 0 aliphatic heterocycles. The number of aromatic nitrogens is 6. The van der Waals surface area contributed by atoms with Crippen molar-refractivity contribution >= 4 is 33.1 Å². The minimum Gasteiger partial charge on any atom is -0.230 e. The van der Waals surface area contributed by atoms with Crippen molar-refractivity contribution in [1.82, 2.24) is 29.9 Å². The summed E-state index contributed by atoms with van der Waals surface area (Å²) in [7, 11) is 0. The Morgan fingerprint density at radius 3 is 0.533 bits per heavy atom. The maximum Gasteiger partial charge on any atom is 0.177 e. The van der Waals surface area contributed by atoms with Crippen LogP contribution >= 0.6 is 0 Å². The summed E-state index contributed by atoms with van der Waals surface area (Å²) in [5.74, 6) is 0. The molecule has 30 heavy (non-hydrogen) atoms. The number of benzene rings is 1. The zero-order valence-corrected chi connectivity index (χ0v) is 14.4. The average Bonchev–Trinajstić information content (AvgIpc) is 2.81. The van der Waals surface area contributed by atoms with Gasteiger partial charge in [0.2, 0.25) is 0 Å². The third-order valence-corrected chi connectivity index (χ3v) is 4.00. The van der Waals surface area contributed by atoms with Crippen molar-refractivity contribution in [3.8, 4) is 36.4 Å². The van der Waals surface area contributed by atoms with Gasteiger partial charge in [0.1, 0.15) is 69.5 Å². The van der Waals surface area contributed by atoms with Crippen molar-refractivity contribution in [2.45, 2.75) is 0 Å². The van der Waals surface area contributed by atoms with Crippen LogP contribution in [-0.2, 0) is 0 Å². The molecule has 0 aliphatic carbocycles. The molecule has 0 saturated heterocycles. The Hall–Kier alpha value is -5.82. The minimum absolute atomic E-state index is 0.0237. The van der Waals surface area contributed by atoms with Crippen molar-refractivity contribution in [3.05, 3.63) is 34.2 Å². The Morgan fingerprint density at radius 1 is 0.300 bits per heavy atom. The Labute approximate surface area is 165 Å². The first-order valence-corrected chi connectivity index (χ1v) is 7.77. The maximum absolute atomic E-state index is 9.29. The predicted octanol–water partition coefficient (Wildman–Crippen LogP) is 0.746. The first kappa shape index (κ1) is 17.6. The zero-order chi connectivity index (χ0) is 21.4. The second kappa shape index (κ2) is 6.41. The molecule has 4 aromatic rings. The van der Waals surface area contributed by atoms with Crippen LogP contribution < -0.4 is 0 Å². The Balaban J connectivity index is 2.42. The fourth-order valence-electron chi connectivity index (χ4n) is 2.76. The molecule has 0 unspecified atom stereocenters. The van der Waals surface area contributed by atoms with Gasteiger partial charge in [0, 0.05) is 0 Å². The van der Waals surface area contributed by atoms with Gasteiger partial charge in [-0.1, -0.05) is 0 Å². The first-order valence-electron chi connectivity index (χ1n) is 7.77. The summed E-state index contributed by atoms with van der Waals surface area (Å²) in [5.41, 5.74) is -1.91. The highest BCUT2D eigenvalue weighted by atomic mass is 14.9. The van der Waals surface area contributed by atoms with E-state index in [0.717, 1.165) is 0 Å². The van der Waals surface area contributed by atoms with Crippen LogP contribution in [0.5, 0.6) is 0 Å². The summed E-state index contributed by atoms with van der Waals surface area (Å²) in [6.45, 7) is 0. The van der Waals surface area contributed by atoms with Gasteiger partial charge in [-0.05, 0) is 0 Å². The van der Waals surface area contributed by atoms with Gasteiger partial charge in [0.25, 0.3) is 0 Å². The SMILES string of the molecule is N#Cc1nc2c3nc(C#N)c(C#N)nc3c3nc(C#N)c(C#N)nc3c2nc1C#N. The molecule has 4 rings (SSSR count). The molecule has 0 atom stereocenters. The number of rotatable bonds is 0. The van der Waals surface area contributed by atoms with Crippen LogP contribution in [0.4, 0.5) is 0 Å². The Bertz CT molecular complexity index is 1350. The summed E-state index contributed by atoms with van der Waals surface area (Å²) in [5, 5.41) is 55.7. The van der Waals surface area contributed by atoms with Crippen LogP contribution in [0.3, 0.4) is 0 Å². The van der Waals surface area contributed by atoms with E-state index >= 15 is 0 Å². The van der Waals surface area contributed by atoms with E-state index in [1.807, 2.05) is 0 Å². The van der Waals surface area contributed by atoms with Gasteiger partial charge in [0.15, 0.2) is 34.2 Å². The van der Waals surface area contributed by atoms with E-state index in [0.29, 0.717) is 0 Å². The molecule has 0 saturated carbocycles. The normalized spacial score (nSPS) is 9.80. The van der Waals surface area contributed by atoms with Gasteiger partial charge >= 0.3 is 0 Å². The Kier molecular flexibility index (Phi) is 3.76. The quantitative estimate of drug-likeness (QED) is 0.383. The van der Waals surface area contributed by atoms with E-state index in [2.05, 4.69) is 29.9 Å². The van der Waals surface area contributed by atoms with Crippen LogP contribution in [0.2, 0.25) is 0 Å². The van der Waals surface area contributed by atoms with Crippen LogP contribution in [0.15, 0.2) is 0 Å². The maximum atomic E-state index is 9.29. The largest absolute Gasteiger partial charge is 0.230 e. The molecule has 0 N–H and O–H groups in total. The van der Waals surface area contributed by atoms with Gasteiger partial charge in [-0.2, -0.15) is 31.6 Å². The van der Waals surface area contributed by atoms with Gasteiger partial charge < -0.3 is 0 Å². The molecular formula is C18N12. The second-order valence-electron chi connectivity index (χ2n) is 5.52. The van der Waals surface area contributed by atoms with E-state index in [9.17, 15) is 31.6 Å². The number of nitriles is 6. The summed E-state index contributed by atoms with van der Waals surface area (Å²) in [6, 6.07) is 10.5. The summed E-state index contributed by atoms with van der Waals surface area (Å²) in [4.78, 5) is 24.7. The minimum atomic E-state index is -0.294. The van der Waals surface area contributed by atoms with Gasteiger partial charge in [0.05, 0.1) is 0 Å². The van der Waals surface area contributed by atoms with Crippen molar-refractivity contribution in [3.63, 3.8) is 0 Å². The molecule has 3 heterocycles. The highest BCUT2D eigenvalue weighted by molar-refractivity contribution is 6.18. The molecule has 0 radical (unpaired) electrons. The first-order chi connectivity index (χ1) is 14.6. The summed E-state index contributed by atoms with van der Waals surface area (Å²) < 4.78 is 0. The van der Waals surface area contributed by atoms with Crippen LogP contribution in [0, 0.1) is 68.0 Å². The fraction of sp³-hybridized carbons (Fsp3) is 0. The van der Waals surface area contributed by atoms with Crippen molar-refractivity contribution < 1.29 is 0 Å². The lowest BCUT2D eigenvalue weighted by molar-refractivity contribution is 1.15. The molecule has 0 fully saturated rings. The van der Waals surface area contributed by atoms with E-state index < -0.39 is 0 Å². The molecule has 12 heteroatoms. The molecule has 132 valence electrons. The van der Waals surface area contributed by atoms with Crippen LogP contribution in [-0.4, -0.2) is 29.9 Å². The molecule has 0 bridgehead atoms. The van der Waals surface area contributed by atoms with E-state index in [-0.39, 0.29) is 67.3 Å². The molecule has 1 aromatic carbocycles. The smallest absolute Gasteiger partial charge is 0.177 e. The van der Waals surface area contributed by atoms with Crippen LogP contribution in [0.1, 0.15) is 34.2 Å². The van der Waals surface area contributed by atoms with E-state index in [4.69, 9.17) is 0 Å². The number of fused-ring (bicyclic) bond motifs is 6. The summed E-state index contributed by atoms with van der Waals surface area (Å²) >= 11 is 0. The van der Waals surface area contributed by atoms with E-state index in [1.165, 1.54) is 0 Å². The monoisotopic (exact) mass is 384 g/mol. The average molecular weight is 384 g/mol. The topological polar surface area (TPSA) is 220 Å².